The summed E-state index contributed by atoms with van der Waals surface area (Å²) in [6, 6.07) is 5.75. The van der Waals surface area contributed by atoms with Crippen molar-refractivity contribution in [1.82, 2.24) is 4.90 Å². The molecule has 1 heterocycles. The second-order valence-electron chi connectivity index (χ2n) is 4.68. The SMILES string of the molecule is CC(=O)N1CCN(c2ccc(F)cc2)CC1S(N)(=O)=O. The molecule has 2 rings (SSSR count). The van der Waals surface area contributed by atoms with Crippen LogP contribution in [0.4, 0.5) is 10.1 Å². The van der Waals surface area contributed by atoms with Crippen LogP contribution in [0.3, 0.4) is 0 Å². The second-order valence-corrected chi connectivity index (χ2v) is 6.40. The molecule has 0 radical (unpaired) electrons. The van der Waals surface area contributed by atoms with Crippen molar-refractivity contribution in [2.75, 3.05) is 24.5 Å². The number of nitrogens with two attached hydrogens (primary N) is 1. The van der Waals surface area contributed by atoms with Gasteiger partial charge in [-0.15, -0.1) is 0 Å². The zero-order chi connectivity index (χ0) is 14.9. The van der Waals surface area contributed by atoms with Crippen molar-refractivity contribution in [3.05, 3.63) is 30.1 Å². The number of carbonyl (C=O) groups excluding carboxylic acids is 1. The lowest BCUT2D eigenvalue weighted by atomic mass is 10.2. The van der Waals surface area contributed by atoms with Gasteiger partial charge in [-0.2, -0.15) is 0 Å². The van der Waals surface area contributed by atoms with Gasteiger partial charge in [0.25, 0.3) is 0 Å². The first-order valence-corrected chi connectivity index (χ1v) is 7.69. The molecule has 2 N–H and O–H groups in total. The number of carbonyl (C=O) groups is 1. The van der Waals surface area contributed by atoms with E-state index in [1.54, 1.807) is 17.0 Å². The summed E-state index contributed by atoms with van der Waals surface area (Å²) in [6.07, 6.45) is 0. The maximum atomic E-state index is 12.9. The van der Waals surface area contributed by atoms with Gasteiger partial charge in [0.15, 0.2) is 5.37 Å². The predicted molar refractivity (Wildman–Crippen MR) is 72.9 cm³/mol. The summed E-state index contributed by atoms with van der Waals surface area (Å²) < 4.78 is 36.2. The Morgan fingerprint density at radius 1 is 1.30 bits per heavy atom. The molecular formula is C12H16FN3O3S. The van der Waals surface area contributed by atoms with E-state index >= 15 is 0 Å². The molecule has 1 fully saturated rings. The summed E-state index contributed by atoms with van der Waals surface area (Å²) in [5.74, 6) is -0.693. The summed E-state index contributed by atoms with van der Waals surface area (Å²) in [4.78, 5) is 14.5. The number of nitrogens with zero attached hydrogens (tertiary/aromatic N) is 2. The van der Waals surface area contributed by atoms with Crippen molar-refractivity contribution < 1.29 is 17.6 Å². The fourth-order valence-electron chi connectivity index (χ4n) is 2.28. The fraction of sp³-hybridized carbons (Fsp3) is 0.417. The Hall–Kier alpha value is -1.67. The van der Waals surface area contributed by atoms with Gasteiger partial charge in [-0.05, 0) is 24.3 Å². The maximum absolute atomic E-state index is 12.9. The van der Waals surface area contributed by atoms with Crippen molar-refractivity contribution in [2.24, 2.45) is 5.14 Å². The average molecular weight is 301 g/mol. The topological polar surface area (TPSA) is 83.7 Å². The van der Waals surface area contributed by atoms with Crippen LogP contribution in [0.15, 0.2) is 24.3 Å². The van der Waals surface area contributed by atoms with E-state index in [0.717, 1.165) is 0 Å². The molecule has 0 saturated carbocycles. The molecule has 1 aromatic rings. The van der Waals surface area contributed by atoms with Crippen LogP contribution in [0.5, 0.6) is 0 Å². The normalized spacial score (nSPS) is 20.1. The van der Waals surface area contributed by atoms with E-state index in [4.69, 9.17) is 5.14 Å². The van der Waals surface area contributed by atoms with Crippen LogP contribution in [-0.2, 0) is 14.8 Å². The third-order valence-corrected chi connectivity index (χ3v) is 4.47. The molecule has 1 atom stereocenters. The number of hydrogen-bond donors (Lipinski definition) is 1. The Labute approximate surface area is 117 Å². The molecule has 110 valence electrons. The summed E-state index contributed by atoms with van der Waals surface area (Å²) in [6.45, 7) is 2.11. The van der Waals surface area contributed by atoms with Crippen molar-refractivity contribution in [2.45, 2.75) is 12.3 Å². The van der Waals surface area contributed by atoms with Crippen LogP contribution < -0.4 is 10.0 Å². The molecule has 1 saturated heterocycles. The number of piperazine rings is 1. The van der Waals surface area contributed by atoms with Gasteiger partial charge >= 0.3 is 0 Å². The van der Waals surface area contributed by atoms with Gasteiger partial charge in [0, 0.05) is 25.7 Å². The number of benzene rings is 1. The van der Waals surface area contributed by atoms with Crippen LogP contribution in [0, 0.1) is 5.82 Å². The van der Waals surface area contributed by atoms with Crippen molar-refractivity contribution >= 4 is 21.6 Å². The Kier molecular flexibility index (Phi) is 3.96. The van der Waals surface area contributed by atoms with E-state index in [2.05, 4.69) is 0 Å². The summed E-state index contributed by atoms with van der Waals surface area (Å²) in [5, 5.41) is 4.11. The molecule has 20 heavy (non-hydrogen) atoms. The fourth-order valence-corrected chi connectivity index (χ4v) is 3.27. The molecule has 1 aliphatic rings. The van der Waals surface area contributed by atoms with Gasteiger partial charge in [0.2, 0.25) is 15.9 Å². The van der Waals surface area contributed by atoms with Crippen molar-refractivity contribution in [3.8, 4) is 0 Å². The van der Waals surface area contributed by atoms with E-state index in [9.17, 15) is 17.6 Å². The monoisotopic (exact) mass is 301 g/mol. The second kappa shape index (κ2) is 5.37. The van der Waals surface area contributed by atoms with Crippen molar-refractivity contribution in [1.29, 1.82) is 0 Å². The maximum Gasteiger partial charge on any atom is 0.232 e. The van der Waals surface area contributed by atoms with Crippen LogP contribution in [0.25, 0.3) is 0 Å². The molecule has 1 amide bonds. The Bertz CT molecular complexity index is 603. The molecule has 0 spiro atoms. The first-order chi connectivity index (χ1) is 9.29. The summed E-state index contributed by atoms with van der Waals surface area (Å²) in [5.41, 5.74) is 0.697. The van der Waals surface area contributed by atoms with Crippen molar-refractivity contribution in [3.63, 3.8) is 0 Å². The third-order valence-electron chi connectivity index (χ3n) is 3.31. The first kappa shape index (κ1) is 14.7. The smallest absolute Gasteiger partial charge is 0.232 e. The zero-order valence-electron chi connectivity index (χ0n) is 11.0. The minimum atomic E-state index is -3.88. The number of sulfonamides is 1. The summed E-state index contributed by atoms with van der Waals surface area (Å²) >= 11 is 0. The zero-order valence-corrected chi connectivity index (χ0v) is 11.8. The van der Waals surface area contributed by atoms with E-state index in [0.29, 0.717) is 12.2 Å². The summed E-state index contributed by atoms with van der Waals surface area (Å²) in [7, 11) is -3.88. The van der Waals surface area contributed by atoms with Crippen LogP contribution in [-0.4, -0.2) is 44.2 Å². The first-order valence-electron chi connectivity index (χ1n) is 6.08. The molecule has 1 unspecified atom stereocenters. The van der Waals surface area contributed by atoms with Crippen LogP contribution in [0.1, 0.15) is 6.92 Å². The van der Waals surface area contributed by atoms with Gasteiger partial charge < -0.3 is 9.80 Å². The molecule has 8 heteroatoms. The molecule has 0 aromatic heterocycles. The standard InChI is InChI=1S/C12H16FN3O3S/c1-9(17)16-7-6-15(8-12(16)20(14,18)19)11-4-2-10(13)3-5-11/h2-5,12H,6-8H2,1H3,(H2,14,18,19). The molecule has 1 aliphatic heterocycles. The number of hydrogen-bond acceptors (Lipinski definition) is 4. The van der Waals surface area contributed by atoms with E-state index < -0.39 is 15.4 Å². The van der Waals surface area contributed by atoms with Gasteiger partial charge in [0.1, 0.15) is 5.82 Å². The van der Waals surface area contributed by atoms with Gasteiger partial charge in [-0.25, -0.2) is 17.9 Å². The van der Waals surface area contributed by atoms with Crippen LogP contribution >= 0.6 is 0 Å². The highest BCUT2D eigenvalue weighted by atomic mass is 32.2. The molecule has 1 aromatic carbocycles. The number of amides is 1. The van der Waals surface area contributed by atoms with Crippen LogP contribution in [0.2, 0.25) is 0 Å². The Balaban J connectivity index is 2.25. The molecular weight excluding hydrogens is 285 g/mol. The van der Waals surface area contributed by atoms with Gasteiger partial charge in [0.05, 0.1) is 6.54 Å². The predicted octanol–water partition coefficient (Wildman–Crippen LogP) is 0.109. The number of halogens is 1. The molecule has 0 aliphatic carbocycles. The van der Waals surface area contributed by atoms with Gasteiger partial charge in [-0.3, -0.25) is 4.79 Å². The van der Waals surface area contributed by atoms with E-state index in [-0.39, 0.29) is 24.8 Å². The lowest BCUT2D eigenvalue weighted by molar-refractivity contribution is -0.129. The minimum absolute atomic E-state index is 0.0735. The quantitative estimate of drug-likeness (QED) is 0.840. The third kappa shape index (κ3) is 3.07. The number of anilines is 1. The highest BCUT2D eigenvalue weighted by molar-refractivity contribution is 7.89. The molecule has 0 bridgehead atoms. The minimum Gasteiger partial charge on any atom is -0.367 e. The Morgan fingerprint density at radius 3 is 2.40 bits per heavy atom. The molecule has 6 nitrogen and oxygen atoms in total. The van der Waals surface area contributed by atoms with Gasteiger partial charge in [-0.1, -0.05) is 0 Å². The average Bonchev–Trinajstić information content (AvgIpc) is 2.38. The number of rotatable bonds is 2. The van der Waals surface area contributed by atoms with E-state index in [1.807, 2.05) is 0 Å². The highest BCUT2D eigenvalue weighted by Gasteiger charge is 2.36. The number of primary sulfonamides is 1. The highest BCUT2D eigenvalue weighted by Crippen LogP contribution is 2.21. The lowest BCUT2D eigenvalue weighted by Crippen LogP contribution is -2.59. The lowest BCUT2D eigenvalue weighted by Gasteiger charge is -2.40. The largest absolute Gasteiger partial charge is 0.367 e. The Morgan fingerprint density at radius 2 is 1.90 bits per heavy atom. The van der Waals surface area contributed by atoms with E-state index in [1.165, 1.54) is 24.0 Å².